The third-order valence-corrected chi connectivity index (χ3v) is 2.92. The Morgan fingerprint density at radius 1 is 1.41 bits per heavy atom. The molecule has 8 heteroatoms. The van der Waals surface area contributed by atoms with Crippen LogP contribution in [-0.2, 0) is 14.9 Å². The Balaban J connectivity index is 2.99. The van der Waals surface area contributed by atoms with Crippen molar-refractivity contribution in [2.75, 3.05) is 0 Å². The molecule has 0 saturated carbocycles. The molecule has 0 saturated heterocycles. The second kappa shape index (κ2) is 5.21. The van der Waals surface area contributed by atoms with Gasteiger partial charge in [-0.25, -0.2) is 8.42 Å². The summed E-state index contributed by atoms with van der Waals surface area (Å²) in [5, 5.41) is 10.5. The van der Waals surface area contributed by atoms with E-state index in [9.17, 15) is 18.5 Å². The Morgan fingerprint density at radius 2 is 2.06 bits per heavy atom. The van der Waals surface area contributed by atoms with Crippen molar-refractivity contribution in [2.45, 2.75) is 24.8 Å². The summed E-state index contributed by atoms with van der Waals surface area (Å²) in [5.41, 5.74) is -0.294. The predicted octanol–water partition coefficient (Wildman–Crippen LogP) is 1.21. The molecule has 17 heavy (non-hydrogen) atoms. The standard InChI is InChI=1S/C9H12N2O5S/c1-7(2)16-10-17(14,15)9-5-3-4-8(6-9)11(12)13/h3-7,10H,1-2H3. The number of non-ortho nitro benzene ring substituents is 1. The SMILES string of the molecule is CC(C)ONS(=O)(=O)c1cccc([N+](=O)[O-])c1. The van der Waals surface area contributed by atoms with Gasteiger partial charge in [0.05, 0.1) is 15.9 Å². The highest BCUT2D eigenvalue weighted by Crippen LogP contribution is 2.17. The molecule has 0 aromatic heterocycles. The minimum Gasteiger partial charge on any atom is -0.284 e. The fourth-order valence-corrected chi connectivity index (χ4v) is 1.92. The molecule has 0 fully saturated rings. The number of nitro groups is 1. The lowest BCUT2D eigenvalue weighted by Crippen LogP contribution is -2.27. The highest BCUT2D eigenvalue weighted by molar-refractivity contribution is 7.89. The van der Waals surface area contributed by atoms with Crippen LogP contribution in [0.15, 0.2) is 29.2 Å². The second-order valence-electron chi connectivity index (χ2n) is 3.51. The van der Waals surface area contributed by atoms with Gasteiger partial charge in [0.2, 0.25) is 0 Å². The molecule has 0 atom stereocenters. The number of rotatable bonds is 5. The topological polar surface area (TPSA) is 98.5 Å². The van der Waals surface area contributed by atoms with Crippen LogP contribution in [0.5, 0.6) is 0 Å². The number of hydrogen-bond acceptors (Lipinski definition) is 5. The van der Waals surface area contributed by atoms with Crippen molar-refractivity contribution in [3.63, 3.8) is 0 Å². The van der Waals surface area contributed by atoms with Gasteiger partial charge in [-0.05, 0) is 19.9 Å². The number of hydrogen-bond donors (Lipinski definition) is 1. The summed E-state index contributed by atoms with van der Waals surface area (Å²) in [4.78, 5) is 16.3. The van der Waals surface area contributed by atoms with Crippen LogP contribution in [0.25, 0.3) is 0 Å². The molecular formula is C9H12N2O5S. The summed E-state index contributed by atoms with van der Waals surface area (Å²) < 4.78 is 23.3. The molecule has 0 unspecified atom stereocenters. The first-order valence-electron chi connectivity index (χ1n) is 4.75. The van der Waals surface area contributed by atoms with Gasteiger partial charge in [-0.2, -0.15) is 0 Å². The molecule has 1 rings (SSSR count). The molecule has 0 radical (unpaired) electrons. The van der Waals surface area contributed by atoms with E-state index in [1.807, 2.05) is 4.89 Å². The van der Waals surface area contributed by atoms with Crippen molar-refractivity contribution >= 4 is 15.7 Å². The van der Waals surface area contributed by atoms with Crippen LogP contribution < -0.4 is 4.89 Å². The molecule has 1 aromatic rings. The van der Waals surface area contributed by atoms with E-state index in [1.54, 1.807) is 13.8 Å². The fourth-order valence-electron chi connectivity index (χ4n) is 0.972. The van der Waals surface area contributed by atoms with Crippen LogP contribution in [0.1, 0.15) is 13.8 Å². The molecule has 0 bridgehead atoms. The predicted molar refractivity (Wildman–Crippen MR) is 59.6 cm³/mol. The van der Waals surface area contributed by atoms with Gasteiger partial charge in [-0.3, -0.25) is 15.0 Å². The molecule has 0 amide bonds. The summed E-state index contributed by atoms with van der Waals surface area (Å²) in [5.74, 6) is 0. The second-order valence-corrected chi connectivity index (χ2v) is 5.15. The van der Waals surface area contributed by atoms with E-state index in [4.69, 9.17) is 4.84 Å². The zero-order valence-corrected chi connectivity index (χ0v) is 10.1. The van der Waals surface area contributed by atoms with E-state index in [2.05, 4.69) is 0 Å². The first-order chi connectivity index (χ1) is 7.83. The molecular weight excluding hydrogens is 248 g/mol. The van der Waals surface area contributed by atoms with Gasteiger partial charge in [0.15, 0.2) is 0 Å². The number of benzene rings is 1. The van der Waals surface area contributed by atoms with E-state index in [0.717, 1.165) is 6.07 Å². The smallest absolute Gasteiger partial charge is 0.270 e. The zero-order valence-electron chi connectivity index (χ0n) is 9.28. The van der Waals surface area contributed by atoms with Crippen LogP contribution >= 0.6 is 0 Å². The molecule has 0 heterocycles. The van der Waals surface area contributed by atoms with Gasteiger partial charge >= 0.3 is 0 Å². The maximum atomic E-state index is 11.7. The highest BCUT2D eigenvalue weighted by atomic mass is 32.2. The number of nitro benzene ring substituents is 1. The monoisotopic (exact) mass is 260 g/mol. The fraction of sp³-hybridized carbons (Fsp3) is 0.333. The van der Waals surface area contributed by atoms with Crippen LogP contribution in [0, 0.1) is 10.1 Å². The third-order valence-electron chi connectivity index (χ3n) is 1.73. The van der Waals surface area contributed by atoms with Crippen molar-refractivity contribution in [2.24, 2.45) is 0 Å². The lowest BCUT2D eigenvalue weighted by molar-refractivity contribution is -0.385. The van der Waals surface area contributed by atoms with E-state index in [-0.39, 0.29) is 16.7 Å². The molecule has 0 spiro atoms. The number of nitrogens with one attached hydrogen (secondary N) is 1. The molecule has 0 aliphatic rings. The normalized spacial score (nSPS) is 11.7. The quantitative estimate of drug-likeness (QED) is 0.633. The molecule has 7 nitrogen and oxygen atoms in total. The Morgan fingerprint density at radius 3 is 2.59 bits per heavy atom. The largest absolute Gasteiger partial charge is 0.284 e. The van der Waals surface area contributed by atoms with E-state index >= 15 is 0 Å². The van der Waals surface area contributed by atoms with Crippen molar-refractivity contribution in [1.29, 1.82) is 0 Å². The van der Waals surface area contributed by atoms with E-state index < -0.39 is 14.9 Å². The summed E-state index contributed by atoms with van der Waals surface area (Å²) in [7, 11) is -3.89. The van der Waals surface area contributed by atoms with Gasteiger partial charge in [0.1, 0.15) is 0 Å². The maximum Gasteiger partial charge on any atom is 0.270 e. The molecule has 1 N–H and O–H groups in total. The summed E-state index contributed by atoms with van der Waals surface area (Å²) >= 11 is 0. The van der Waals surface area contributed by atoms with Crippen LogP contribution in [-0.4, -0.2) is 19.4 Å². The summed E-state index contributed by atoms with van der Waals surface area (Å²) in [6, 6.07) is 4.72. The maximum absolute atomic E-state index is 11.7. The molecule has 1 aromatic carbocycles. The summed E-state index contributed by atoms with van der Waals surface area (Å²) in [6.07, 6.45) is -0.330. The minimum absolute atomic E-state index is 0.215. The number of nitrogens with zero attached hydrogens (tertiary/aromatic N) is 1. The average Bonchev–Trinajstić information content (AvgIpc) is 2.27. The van der Waals surface area contributed by atoms with Crippen molar-refractivity contribution in [3.8, 4) is 0 Å². The molecule has 94 valence electrons. The van der Waals surface area contributed by atoms with Crippen molar-refractivity contribution < 1.29 is 18.2 Å². The van der Waals surface area contributed by atoms with Crippen molar-refractivity contribution in [3.05, 3.63) is 34.4 Å². The first-order valence-corrected chi connectivity index (χ1v) is 6.23. The Hall–Kier alpha value is -1.51. The molecule has 0 aliphatic carbocycles. The van der Waals surface area contributed by atoms with Crippen molar-refractivity contribution in [1.82, 2.24) is 4.89 Å². The van der Waals surface area contributed by atoms with E-state index in [1.165, 1.54) is 18.2 Å². The molecule has 0 aliphatic heterocycles. The Labute approximate surface area is 98.6 Å². The first kappa shape index (κ1) is 13.6. The average molecular weight is 260 g/mol. The highest BCUT2D eigenvalue weighted by Gasteiger charge is 2.18. The number of sulfonamides is 1. The Kier molecular flexibility index (Phi) is 4.16. The van der Waals surface area contributed by atoms with Gasteiger partial charge < -0.3 is 0 Å². The van der Waals surface area contributed by atoms with E-state index in [0.29, 0.717) is 0 Å². The Bertz CT molecular complexity index is 512. The van der Waals surface area contributed by atoms with Gasteiger partial charge in [0, 0.05) is 12.1 Å². The lowest BCUT2D eigenvalue weighted by atomic mass is 10.3. The van der Waals surface area contributed by atoms with Crippen LogP contribution in [0.4, 0.5) is 5.69 Å². The lowest BCUT2D eigenvalue weighted by Gasteiger charge is -2.09. The van der Waals surface area contributed by atoms with Crippen LogP contribution in [0.2, 0.25) is 0 Å². The van der Waals surface area contributed by atoms with Gasteiger partial charge in [-0.15, -0.1) is 0 Å². The summed E-state index contributed by atoms with van der Waals surface area (Å²) in [6.45, 7) is 3.30. The zero-order chi connectivity index (χ0) is 13.1. The third kappa shape index (κ3) is 3.77. The van der Waals surface area contributed by atoms with Crippen LogP contribution in [0.3, 0.4) is 0 Å². The minimum atomic E-state index is -3.89. The van der Waals surface area contributed by atoms with Gasteiger partial charge in [-0.1, -0.05) is 11.0 Å². The van der Waals surface area contributed by atoms with Gasteiger partial charge in [0.25, 0.3) is 15.7 Å².